The summed E-state index contributed by atoms with van der Waals surface area (Å²) in [7, 11) is 0. The number of carbonyl (C=O) groups excluding carboxylic acids is 2. The summed E-state index contributed by atoms with van der Waals surface area (Å²) in [5.74, 6) is -0.167. The minimum Gasteiger partial charge on any atom is -0.334 e. The minimum absolute atomic E-state index is 0.167. The van der Waals surface area contributed by atoms with E-state index < -0.39 is 0 Å². The van der Waals surface area contributed by atoms with Gasteiger partial charge in [0.05, 0.1) is 5.56 Å². The van der Waals surface area contributed by atoms with Crippen molar-refractivity contribution < 1.29 is 9.59 Å². The van der Waals surface area contributed by atoms with Crippen molar-refractivity contribution in [3.63, 3.8) is 0 Å². The van der Waals surface area contributed by atoms with E-state index in [1.807, 2.05) is 18.2 Å². The Labute approximate surface area is 148 Å². The van der Waals surface area contributed by atoms with Gasteiger partial charge in [0.2, 0.25) is 0 Å². The molecule has 0 unspecified atom stereocenters. The van der Waals surface area contributed by atoms with Gasteiger partial charge in [0.15, 0.2) is 0 Å². The second kappa shape index (κ2) is 8.33. The largest absolute Gasteiger partial charge is 0.334 e. The average molecular weight is 421 g/mol. The number of benzene rings is 2. The molecule has 0 saturated heterocycles. The van der Waals surface area contributed by atoms with Crippen LogP contribution in [-0.4, -0.2) is 18.5 Å². The van der Waals surface area contributed by atoms with Crippen LogP contribution in [0.4, 0.5) is 16.2 Å². The summed E-state index contributed by atoms with van der Waals surface area (Å²) in [6, 6.07) is 14.0. The molecule has 0 aliphatic rings. The van der Waals surface area contributed by atoms with Gasteiger partial charge in [-0.25, -0.2) is 4.79 Å². The van der Waals surface area contributed by atoms with Crippen LogP contribution in [0.15, 0.2) is 61.2 Å². The Bertz CT molecular complexity index is 714. The number of urea groups is 1. The molecule has 6 heteroatoms. The fourth-order valence-electron chi connectivity index (χ4n) is 1.82. The molecule has 0 spiro atoms. The summed E-state index contributed by atoms with van der Waals surface area (Å²) >= 11 is 2.13. The zero-order chi connectivity index (χ0) is 16.7. The molecule has 0 bridgehead atoms. The van der Waals surface area contributed by atoms with E-state index in [0.717, 1.165) is 3.57 Å². The van der Waals surface area contributed by atoms with Gasteiger partial charge in [-0.15, -0.1) is 6.58 Å². The van der Waals surface area contributed by atoms with Gasteiger partial charge in [-0.2, -0.15) is 0 Å². The number of carbonyl (C=O) groups is 2. The van der Waals surface area contributed by atoms with Gasteiger partial charge in [-0.05, 0) is 59.0 Å². The maximum Gasteiger partial charge on any atom is 0.319 e. The van der Waals surface area contributed by atoms with Crippen molar-refractivity contribution in [1.29, 1.82) is 0 Å². The van der Waals surface area contributed by atoms with Crippen molar-refractivity contribution in [2.24, 2.45) is 0 Å². The lowest BCUT2D eigenvalue weighted by Crippen LogP contribution is -2.28. The Morgan fingerprint density at radius 2 is 1.61 bits per heavy atom. The second-order valence-corrected chi connectivity index (χ2v) is 5.80. The van der Waals surface area contributed by atoms with E-state index in [4.69, 9.17) is 0 Å². The smallest absolute Gasteiger partial charge is 0.319 e. The molecule has 3 amide bonds. The fourth-order valence-corrected chi connectivity index (χ4v) is 2.45. The van der Waals surface area contributed by atoms with Crippen molar-refractivity contribution in [3.05, 3.63) is 70.3 Å². The van der Waals surface area contributed by atoms with E-state index in [1.165, 1.54) is 0 Å². The van der Waals surface area contributed by atoms with Crippen LogP contribution in [0, 0.1) is 3.57 Å². The molecule has 0 heterocycles. The minimum atomic E-state index is -0.305. The molecular weight excluding hydrogens is 405 g/mol. The van der Waals surface area contributed by atoms with Crippen molar-refractivity contribution in [1.82, 2.24) is 5.32 Å². The van der Waals surface area contributed by atoms with E-state index in [2.05, 4.69) is 45.1 Å². The van der Waals surface area contributed by atoms with Crippen molar-refractivity contribution >= 4 is 45.9 Å². The second-order valence-electron chi connectivity index (χ2n) is 4.64. The van der Waals surface area contributed by atoms with Crippen LogP contribution in [0.3, 0.4) is 0 Å². The van der Waals surface area contributed by atoms with Gasteiger partial charge < -0.3 is 16.0 Å². The molecule has 0 aromatic heterocycles. The molecule has 0 saturated carbocycles. The number of rotatable bonds is 5. The highest BCUT2D eigenvalue weighted by molar-refractivity contribution is 14.1. The van der Waals surface area contributed by atoms with Gasteiger partial charge in [0, 0.05) is 21.5 Å². The lowest BCUT2D eigenvalue weighted by atomic mass is 10.2. The topological polar surface area (TPSA) is 70.2 Å². The molecule has 0 atom stereocenters. The summed E-state index contributed by atoms with van der Waals surface area (Å²) in [5, 5.41) is 8.13. The number of hydrogen-bond donors (Lipinski definition) is 3. The number of amides is 3. The lowest BCUT2D eigenvalue weighted by Gasteiger charge is -2.09. The van der Waals surface area contributed by atoms with Crippen molar-refractivity contribution in [2.75, 3.05) is 17.2 Å². The van der Waals surface area contributed by atoms with Crippen LogP contribution < -0.4 is 16.0 Å². The molecule has 0 fully saturated rings. The molecule has 2 aromatic carbocycles. The number of hydrogen-bond acceptors (Lipinski definition) is 2. The van der Waals surface area contributed by atoms with Crippen LogP contribution in [0.5, 0.6) is 0 Å². The van der Waals surface area contributed by atoms with Crippen molar-refractivity contribution in [2.45, 2.75) is 0 Å². The molecule has 23 heavy (non-hydrogen) atoms. The number of anilines is 2. The third kappa shape index (κ3) is 5.10. The molecule has 2 aromatic rings. The summed E-state index contributed by atoms with van der Waals surface area (Å²) in [4.78, 5) is 23.7. The Morgan fingerprint density at radius 3 is 2.22 bits per heavy atom. The van der Waals surface area contributed by atoms with Crippen LogP contribution >= 0.6 is 22.6 Å². The Balaban J connectivity index is 1.97. The van der Waals surface area contributed by atoms with Crippen LogP contribution in [0.2, 0.25) is 0 Å². The zero-order valence-corrected chi connectivity index (χ0v) is 14.5. The quantitative estimate of drug-likeness (QED) is 0.507. The first-order chi connectivity index (χ1) is 11.1. The third-order valence-electron chi connectivity index (χ3n) is 2.93. The third-order valence-corrected chi connectivity index (χ3v) is 3.87. The summed E-state index contributed by atoms with van der Waals surface area (Å²) in [6.45, 7) is 3.93. The lowest BCUT2D eigenvalue weighted by molar-refractivity contribution is 0.102. The van der Waals surface area contributed by atoms with E-state index in [-0.39, 0.29) is 11.9 Å². The molecule has 5 nitrogen and oxygen atoms in total. The summed E-state index contributed by atoms with van der Waals surface area (Å²) in [6.07, 6.45) is 1.60. The molecule has 0 radical (unpaired) electrons. The highest BCUT2D eigenvalue weighted by Gasteiger charge is 2.09. The molecule has 118 valence electrons. The summed E-state index contributed by atoms with van der Waals surface area (Å²) in [5.41, 5.74) is 1.92. The Kier molecular flexibility index (Phi) is 6.16. The fraction of sp³-hybridized carbons (Fsp3) is 0.0588. The predicted molar refractivity (Wildman–Crippen MR) is 101 cm³/mol. The maximum atomic E-state index is 12.2. The molecule has 0 aliphatic carbocycles. The van der Waals surface area contributed by atoms with Crippen molar-refractivity contribution in [3.8, 4) is 0 Å². The standard InChI is InChI=1S/C17H16IN3O2/c1-2-11-19-17(23)21-13-9-7-12(8-10-13)20-16(22)14-5-3-4-6-15(14)18/h2-10H,1,11H2,(H,20,22)(H2,19,21,23). The van der Waals surface area contributed by atoms with Gasteiger partial charge in [0.25, 0.3) is 5.91 Å². The van der Waals surface area contributed by atoms with E-state index in [9.17, 15) is 9.59 Å². The average Bonchev–Trinajstić information content (AvgIpc) is 2.55. The van der Waals surface area contributed by atoms with E-state index in [1.54, 1.807) is 36.4 Å². The van der Waals surface area contributed by atoms with E-state index >= 15 is 0 Å². The first-order valence-corrected chi connectivity index (χ1v) is 7.99. The SMILES string of the molecule is C=CCNC(=O)Nc1ccc(NC(=O)c2ccccc2I)cc1. The summed E-state index contributed by atoms with van der Waals surface area (Å²) < 4.78 is 0.889. The molecule has 0 aliphatic heterocycles. The highest BCUT2D eigenvalue weighted by Crippen LogP contribution is 2.17. The highest BCUT2D eigenvalue weighted by atomic mass is 127. The number of halogens is 1. The molecule has 2 rings (SSSR count). The monoisotopic (exact) mass is 421 g/mol. The number of nitrogens with one attached hydrogen (secondary N) is 3. The van der Waals surface area contributed by atoms with Crippen LogP contribution in [0.25, 0.3) is 0 Å². The Hall–Kier alpha value is -2.35. The van der Waals surface area contributed by atoms with Gasteiger partial charge in [0.1, 0.15) is 0 Å². The zero-order valence-electron chi connectivity index (χ0n) is 12.3. The predicted octanol–water partition coefficient (Wildman–Crippen LogP) is 3.85. The van der Waals surface area contributed by atoms with Gasteiger partial charge >= 0.3 is 6.03 Å². The normalized spacial score (nSPS) is 9.78. The van der Waals surface area contributed by atoms with Crippen LogP contribution in [-0.2, 0) is 0 Å². The molecular formula is C17H16IN3O2. The van der Waals surface area contributed by atoms with Gasteiger partial charge in [-0.1, -0.05) is 18.2 Å². The van der Waals surface area contributed by atoms with Gasteiger partial charge in [-0.3, -0.25) is 4.79 Å². The maximum absolute atomic E-state index is 12.2. The molecule has 3 N–H and O–H groups in total. The Morgan fingerprint density at radius 1 is 1.00 bits per heavy atom. The first kappa shape index (κ1) is 17.0. The van der Waals surface area contributed by atoms with E-state index in [0.29, 0.717) is 23.5 Å². The first-order valence-electron chi connectivity index (χ1n) is 6.92. The van der Waals surface area contributed by atoms with Crippen LogP contribution in [0.1, 0.15) is 10.4 Å².